The van der Waals surface area contributed by atoms with Gasteiger partial charge in [0.1, 0.15) is 22.5 Å². The van der Waals surface area contributed by atoms with Crippen LogP contribution in [-0.2, 0) is 11.4 Å². The summed E-state index contributed by atoms with van der Waals surface area (Å²) in [7, 11) is 1.66. The first-order valence-electron chi connectivity index (χ1n) is 7.64. The summed E-state index contributed by atoms with van der Waals surface area (Å²) in [6.45, 7) is 2.08. The zero-order valence-corrected chi connectivity index (χ0v) is 15.4. The first-order chi connectivity index (χ1) is 12.0. The Morgan fingerprint density at radius 1 is 1.28 bits per heavy atom. The highest BCUT2D eigenvalue weighted by molar-refractivity contribution is 8.26. The van der Waals surface area contributed by atoms with Gasteiger partial charge in [0.05, 0.1) is 4.91 Å². The number of ether oxygens (including phenoxy) is 1. The quantitative estimate of drug-likeness (QED) is 0.581. The van der Waals surface area contributed by atoms with E-state index in [0.29, 0.717) is 20.5 Å². The van der Waals surface area contributed by atoms with Gasteiger partial charge in [0.2, 0.25) is 0 Å². The number of hydrogen-bond acceptors (Lipinski definition) is 4. The first kappa shape index (κ1) is 17.6. The molecule has 128 valence electrons. The maximum atomic E-state index is 13.8. The van der Waals surface area contributed by atoms with Crippen molar-refractivity contribution in [3.8, 4) is 5.75 Å². The average molecular weight is 373 g/mol. The number of halogens is 1. The second kappa shape index (κ2) is 7.37. The number of aryl methyl sites for hydroxylation is 1. The Labute approximate surface area is 155 Å². The minimum Gasteiger partial charge on any atom is -0.488 e. The van der Waals surface area contributed by atoms with Gasteiger partial charge in [0.25, 0.3) is 5.91 Å². The van der Waals surface area contributed by atoms with Crippen LogP contribution in [0.3, 0.4) is 0 Å². The molecule has 0 unspecified atom stereocenters. The summed E-state index contributed by atoms with van der Waals surface area (Å²) in [6.07, 6.45) is 1.77. The highest BCUT2D eigenvalue weighted by atomic mass is 32.2. The van der Waals surface area contributed by atoms with Crippen LogP contribution >= 0.6 is 24.0 Å². The minimum absolute atomic E-state index is 0.116. The highest BCUT2D eigenvalue weighted by Crippen LogP contribution is 2.33. The number of amides is 1. The zero-order chi connectivity index (χ0) is 18.0. The molecule has 1 fully saturated rings. The number of carbonyl (C=O) groups is 1. The van der Waals surface area contributed by atoms with E-state index in [4.69, 9.17) is 17.0 Å². The smallest absolute Gasteiger partial charge is 0.265 e. The van der Waals surface area contributed by atoms with Crippen LogP contribution in [-0.4, -0.2) is 22.2 Å². The number of thiocarbonyl (C=S) groups is 1. The normalized spacial score (nSPS) is 16.0. The fraction of sp³-hybridized carbons (Fsp3) is 0.158. The van der Waals surface area contributed by atoms with Gasteiger partial charge < -0.3 is 4.74 Å². The Kier molecular flexibility index (Phi) is 5.20. The fourth-order valence-electron chi connectivity index (χ4n) is 2.37. The molecule has 1 aliphatic rings. The van der Waals surface area contributed by atoms with Gasteiger partial charge in [-0.1, -0.05) is 53.8 Å². The second-order valence-electron chi connectivity index (χ2n) is 5.66. The lowest BCUT2D eigenvalue weighted by Crippen LogP contribution is -2.22. The summed E-state index contributed by atoms with van der Waals surface area (Å²) in [4.78, 5) is 14.2. The molecular formula is C19H16FNO2S2. The molecule has 3 nitrogen and oxygen atoms in total. The van der Waals surface area contributed by atoms with Crippen molar-refractivity contribution in [2.45, 2.75) is 13.5 Å². The van der Waals surface area contributed by atoms with Crippen molar-refractivity contribution in [3.05, 3.63) is 69.9 Å². The number of carbonyl (C=O) groups excluding carboxylic acids is 1. The van der Waals surface area contributed by atoms with Gasteiger partial charge >= 0.3 is 0 Å². The molecule has 0 bridgehead atoms. The molecular weight excluding hydrogens is 357 g/mol. The van der Waals surface area contributed by atoms with E-state index in [9.17, 15) is 9.18 Å². The molecule has 6 heteroatoms. The molecule has 0 aromatic heterocycles. The van der Waals surface area contributed by atoms with Crippen LogP contribution in [0, 0.1) is 12.7 Å². The topological polar surface area (TPSA) is 29.5 Å². The third-order valence-electron chi connectivity index (χ3n) is 3.78. The Bertz CT molecular complexity index is 879. The molecule has 2 aromatic carbocycles. The van der Waals surface area contributed by atoms with Crippen molar-refractivity contribution in [1.29, 1.82) is 0 Å². The fourth-order valence-corrected chi connectivity index (χ4v) is 3.54. The van der Waals surface area contributed by atoms with Gasteiger partial charge in [-0.2, -0.15) is 0 Å². The van der Waals surface area contributed by atoms with Crippen molar-refractivity contribution in [2.24, 2.45) is 0 Å². The largest absolute Gasteiger partial charge is 0.488 e. The van der Waals surface area contributed by atoms with E-state index in [-0.39, 0.29) is 18.3 Å². The van der Waals surface area contributed by atoms with Crippen LogP contribution in [0.4, 0.5) is 4.39 Å². The molecule has 25 heavy (non-hydrogen) atoms. The lowest BCUT2D eigenvalue weighted by molar-refractivity contribution is -0.121. The molecule has 0 N–H and O–H groups in total. The summed E-state index contributed by atoms with van der Waals surface area (Å²) < 4.78 is 20.1. The van der Waals surface area contributed by atoms with Crippen LogP contribution in [0.15, 0.2) is 47.4 Å². The van der Waals surface area contributed by atoms with E-state index in [1.807, 2.05) is 25.1 Å². The summed E-state index contributed by atoms with van der Waals surface area (Å²) in [5.41, 5.74) is 2.29. The Hall–Kier alpha value is -2.18. The molecule has 0 atom stereocenters. The monoisotopic (exact) mass is 373 g/mol. The lowest BCUT2D eigenvalue weighted by atomic mass is 10.1. The number of rotatable bonds is 4. The molecule has 0 saturated carbocycles. The number of hydrogen-bond donors (Lipinski definition) is 0. The van der Waals surface area contributed by atoms with E-state index in [1.54, 1.807) is 31.3 Å². The third kappa shape index (κ3) is 3.91. The van der Waals surface area contributed by atoms with Gasteiger partial charge in [0, 0.05) is 18.2 Å². The maximum absolute atomic E-state index is 13.8. The summed E-state index contributed by atoms with van der Waals surface area (Å²) in [5, 5.41) is 0. The molecule has 1 aliphatic heterocycles. The first-order valence-corrected chi connectivity index (χ1v) is 8.86. The van der Waals surface area contributed by atoms with Crippen molar-refractivity contribution in [3.63, 3.8) is 0 Å². The molecule has 0 aliphatic carbocycles. The molecule has 2 aromatic rings. The van der Waals surface area contributed by atoms with Crippen molar-refractivity contribution in [2.75, 3.05) is 7.05 Å². The molecule has 1 heterocycles. The number of benzene rings is 2. The molecule has 0 spiro atoms. The predicted molar refractivity (Wildman–Crippen MR) is 103 cm³/mol. The van der Waals surface area contributed by atoms with E-state index in [2.05, 4.69) is 0 Å². The van der Waals surface area contributed by atoms with Gasteiger partial charge in [-0.05, 0) is 31.2 Å². The van der Waals surface area contributed by atoms with Crippen LogP contribution in [0.2, 0.25) is 0 Å². The minimum atomic E-state index is -0.303. The Morgan fingerprint density at radius 3 is 2.72 bits per heavy atom. The molecule has 3 rings (SSSR count). The van der Waals surface area contributed by atoms with Gasteiger partial charge in [-0.15, -0.1) is 0 Å². The summed E-state index contributed by atoms with van der Waals surface area (Å²) >= 11 is 6.42. The summed E-state index contributed by atoms with van der Waals surface area (Å²) in [6, 6.07) is 12.2. The maximum Gasteiger partial charge on any atom is 0.265 e. The van der Waals surface area contributed by atoms with Crippen LogP contribution in [0.5, 0.6) is 5.75 Å². The standard InChI is InChI=1S/C19H16FNO2S2/c1-12-7-8-16(23-11-13-5-3-4-6-15(13)20)14(9-12)10-17-18(22)21(2)19(24)25-17/h3-10H,11H2,1-2H3. The number of likely N-dealkylation sites (N-methyl/N-ethyl adjacent to an activating group) is 1. The van der Waals surface area contributed by atoms with Crippen molar-refractivity contribution in [1.82, 2.24) is 4.90 Å². The van der Waals surface area contributed by atoms with Gasteiger partial charge in [-0.3, -0.25) is 9.69 Å². The average Bonchev–Trinajstić information content (AvgIpc) is 2.82. The molecule has 1 saturated heterocycles. The van der Waals surface area contributed by atoms with Crippen LogP contribution in [0.1, 0.15) is 16.7 Å². The van der Waals surface area contributed by atoms with E-state index in [0.717, 1.165) is 11.1 Å². The van der Waals surface area contributed by atoms with E-state index < -0.39 is 0 Å². The van der Waals surface area contributed by atoms with E-state index >= 15 is 0 Å². The van der Waals surface area contributed by atoms with Crippen molar-refractivity contribution >= 4 is 40.3 Å². The van der Waals surface area contributed by atoms with Gasteiger partial charge in [0.15, 0.2) is 0 Å². The molecule has 1 amide bonds. The van der Waals surface area contributed by atoms with Crippen molar-refractivity contribution < 1.29 is 13.9 Å². The summed E-state index contributed by atoms with van der Waals surface area (Å²) in [5.74, 6) is 0.162. The highest BCUT2D eigenvalue weighted by Gasteiger charge is 2.28. The third-order valence-corrected chi connectivity index (χ3v) is 5.26. The lowest BCUT2D eigenvalue weighted by Gasteiger charge is -2.11. The molecule has 0 radical (unpaired) electrons. The van der Waals surface area contributed by atoms with Gasteiger partial charge in [-0.25, -0.2) is 4.39 Å². The Morgan fingerprint density at radius 2 is 2.04 bits per heavy atom. The number of thioether (sulfide) groups is 1. The second-order valence-corrected chi connectivity index (χ2v) is 7.34. The predicted octanol–water partition coefficient (Wildman–Crippen LogP) is 4.54. The SMILES string of the molecule is Cc1ccc(OCc2ccccc2F)c(C=C2SC(=S)N(C)C2=O)c1. The van der Waals surface area contributed by atoms with Crippen LogP contribution in [0.25, 0.3) is 6.08 Å². The zero-order valence-electron chi connectivity index (χ0n) is 13.8. The number of nitrogens with zero attached hydrogens (tertiary/aromatic N) is 1. The Balaban J connectivity index is 1.88. The van der Waals surface area contributed by atoms with Crippen LogP contribution < -0.4 is 4.74 Å². The van der Waals surface area contributed by atoms with E-state index in [1.165, 1.54) is 22.7 Å².